The molecule has 0 amide bonds. The Hall–Kier alpha value is -1.06. The Kier molecular flexibility index (Phi) is 3.64. The third kappa shape index (κ3) is 2.13. The fourth-order valence-corrected chi connectivity index (χ4v) is 2.92. The van der Waals surface area contributed by atoms with E-state index < -0.39 is 6.10 Å². The molecule has 0 heterocycles. The fourth-order valence-electron chi connectivity index (χ4n) is 2.92. The first-order valence-corrected chi connectivity index (χ1v) is 6.58. The number of hydrogen-bond donors (Lipinski definition) is 3. The monoisotopic (exact) mass is 250 g/mol. The Morgan fingerprint density at radius 3 is 2.61 bits per heavy atom. The lowest BCUT2D eigenvalue weighted by Gasteiger charge is -2.36. The van der Waals surface area contributed by atoms with Crippen LogP contribution in [0.3, 0.4) is 0 Å². The van der Waals surface area contributed by atoms with Gasteiger partial charge in [-0.25, -0.2) is 0 Å². The van der Waals surface area contributed by atoms with Crippen LogP contribution >= 0.6 is 0 Å². The Morgan fingerprint density at radius 1 is 1.33 bits per heavy atom. The highest BCUT2D eigenvalue weighted by atomic mass is 16.3. The van der Waals surface area contributed by atoms with Gasteiger partial charge in [-0.1, -0.05) is 19.9 Å². The van der Waals surface area contributed by atoms with E-state index in [-0.39, 0.29) is 30.1 Å². The molecular weight excluding hydrogens is 228 g/mol. The maximum Gasteiger partial charge on any atom is 0.118 e. The molecule has 4 atom stereocenters. The minimum atomic E-state index is -0.404. The van der Waals surface area contributed by atoms with Crippen LogP contribution in [0.5, 0.6) is 5.75 Å². The second-order valence-electron chi connectivity index (χ2n) is 5.63. The van der Waals surface area contributed by atoms with Gasteiger partial charge in [0.15, 0.2) is 0 Å². The van der Waals surface area contributed by atoms with Crippen molar-refractivity contribution in [2.75, 3.05) is 6.61 Å². The van der Waals surface area contributed by atoms with Crippen molar-refractivity contribution in [1.82, 2.24) is 0 Å². The van der Waals surface area contributed by atoms with Crippen molar-refractivity contribution in [2.24, 2.45) is 5.92 Å². The van der Waals surface area contributed by atoms with Crippen molar-refractivity contribution in [3.05, 3.63) is 28.8 Å². The van der Waals surface area contributed by atoms with Crippen LogP contribution in [0.15, 0.2) is 12.1 Å². The number of aryl methyl sites for hydroxylation is 1. The standard InChI is InChI=1S/C15H22O3/c1-8-4-13-11(9(2)7-16)5-15(18)10(3)12(13)6-14(8)17/h4,6,9-11,15-18H,5,7H2,1-3H3/t9-,10-,11-,15-/m1/s1. The van der Waals surface area contributed by atoms with Crippen molar-refractivity contribution >= 4 is 0 Å². The number of rotatable bonds is 2. The topological polar surface area (TPSA) is 60.7 Å². The predicted octanol–water partition coefficient (Wildman–Crippen LogP) is 2.28. The molecule has 0 unspecified atom stereocenters. The van der Waals surface area contributed by atoms with E-state index in [0.29, 0.717) is 6.42 Å². The van der Waals surface area contributed by atoms with E-state index in [1.54, 1.807) is 6.07 Å². The van der Waals surface area contributed by atoms with Gasteiger partial charge in [-0.3, -0.25) is 0 Å². The number of benzene rings is 1. The number of hydrogen-bond acceptors (Lipinski definition) is 3. The second kappa shape index (κ2) is 4.90. The van der Waals surface area contributed by atoms with Crippen molar-refractivity contribution in [3.63, 3.8) is 0 Å². The van der Waals surface area contributed by atoms with Crippen LogP contribution in [-0.4, -0.2) is 28.0 Å². The number of phenolic OH excluding ortho intramolecular Hbond substituents is 1. The lowest BCUT2D eigenvalue weighted by Crippen LogP contribution is -2.30. The number of aliphatic hydroxyl groups is 2. The van der Waals surface area contributed by atoms with Crippen molar-refractivity contribution < 1.29 is 15.3 Å². The van der Waals surface area contributed by atoms with Gasteiger partial charge in [-0.05, 0) is 47.9 Å². The quantitative estimate of drug-likeness (QED) is 0.754. The van der Waals surface area contributed by atoms with Gasteiger partial charge >= 0.3 is 0 Å². The van der Waals surface area contributed by atoms with Crippen molar-refractivity contribution in [3.8, 4) is 5.75 Å². The van der Waals surface area contributed by atoms with E-state index >= 15 is 0 Å². The van der Waals surface area contributed by atoms with Gasteiger partial charge in [0.05, 0.1) is 6.10 Å². The van der Waals surface area contributed by atoms with Gasteiger partial charge in [-0.2, -0.15) is 0 Å². The number of phenols is 1. The minimum absolute atomic E-state index is 0.0358. The Bertz CT molecular complexity index is 442. The zero-order chi connectivity index (χ0) is 13.4. The molecule has 0 spiro atoms. The van der Waals surface area contributed by atoms with E-state index in [2.05, 4.69) is 0 Å². The highest BCUT2D eigenvalue weighted by molar-refractivity contribution is 5.46. The van der Waals surface area contributed by atoms with Gasteiger partial charge in [0.1, 0.15) is 5.75 Å². The van der Waals surface area contributed by atoms with Gasteiger partial charge < -0.3 is 15.3 Å². The summed E-state index contributed by atoms with van der Waals surface area (Å²) in [6, 6.07) is 3.78. The molecule has 0 fully saturated rings. The fraction of sp³-hybridized carbons (Fsp3) is 0.600. The smallest absolute Gasteiger partial charge is 0.118 e. The summed E-state index contributed by atoms with van der Waals surface area (Å²) in [5.74, 6) is 0.601. The maximum absolute atomic E-state index is 10.1. The van der Waals surface area contributed by atoms with Crippen LogP contribution < -0.4 is 0 Å². The van der Waals surface area contributed by atoms with Crippen LogP contribution in [0.1, 0.15) is 48.8 Å². The summed E-state index contributed by atoms with van der Waals surface area (Å²) < 4.78 is 0. The van der Waals surface area contributed by atoms with E-state index in [1.807, 2.05) is 26.8 Å². The van der Waals surface area contributed by atoms with E-state index in [0.717, 1.165) is 11.1 Å². The molecule has 0 aliphatic heterocycles. The van der Waals surface area contributed by atoms with Crippen LogP contribution in [0.25, 0.3) is 0 Å². The first-order valence-electron chi connectivity index (χ1n) is 6.58. The van der Waals surface area contributed by atoms with Crippen LogP contribution in [0, 0.1) is 12.8 Å². The second-order valence-corrected chi connectivity index (χ2v) is 5.63. The molecule has 0 aromatic heterocycles. The number of aliphatic hydroxyl groups excluding tert-OH is 2. The number of fused-ring (bicyclic) bond motifs is 1. The lowest BCUT2D eigenvalue weighted by molar-refractivity contribution is 0.100. The maximum atomic E-state index is 10.1. The lowest BCUT2D eigenvalue weighted by atomic mass is 9.71. The molecule has 1 aromatic rings. The Morgan fingerprint density at radius 2 is 2.00 bits per heavy atom. The summed E-state index contributed by atoms with van der Waals surface area (Å²) >= 11 is 0. The van der Waals surface area contributed by atoms with Crippen LogP contribution in [0.2, 0.25) is 0 Å². The van der Waals surface area contributed by atoms with Crippen molar-refractivity contribution in [1.29, 1.82) is 0 Å². The van der Waals surface area contributed by atoms with E-state index in [4.69, 9.17) is 0 Å². The first-order chi connectivity index (χ1) is 8.45. The highest BCUT2D eigenvalue weighted by Crippen LogP contribution is 2.44. The summed E-state index contributed by atoms with van der Waals surface area (Å²) in [5, 5.41) is 29.3. The normalized spacial score (nSPS) is 28.8. The first kappa shape index (κ1) is 13.4. The average Bonchev–Trinajstić information content (AvgIpc) is 2.35. The molecule has 0 saturated heterocycles. The molecule has 0 bridgehead atoms. The number of aromatic hydroxyl groups is 1. The SMILES string of the molecule is Cc1cc2c(cc1O)[C@@H](C)[C@H](O)C[C@@H]2[C@H](C)CO. The molecule has 1 aliphatic rings. The molecule has 100 valence electrons. The molecule has 1 aliphatic carbocycles. The van der Waals surface area contributed by atoms with Gasteiger partial charge in [0.2, 0.25) is 0 Å². The molecule has 0 radical (unpaired) electrons. The molecule has 18 heavy (non-hydrogen) atoms. The molecule has 3 nitrogen and oxygen atoms in total. The summed E-state index contributed by atoms with van der Waals surface area (Å²) in [6.45, 7) is 5.98. The third-order valence-electron chi connectivity index (χ3n) is 4.34. The molecular formula is C15H22O3. The Labute approximate surface area is 108 Å². The molecule has 3 N–H and O–H groups in total. The van der Waals surface area contributed by atoms with E-state index in [9.17, 15) is 15.3 Å². The molecule has 1 aromatic carbocycles. The highest BCUT2D eigenvalue weighted by Gasteiger charge is 2.34. The van der Waals surface area contributed by atoms with Gasteiger partial charge in [0, 0.05) is 12.5 Å². The van der Waals surface area contributed by atoms with Crippen LogP contribution in [0.4, 0.5) is 0 Å². The zero-order valence-electron chi connectivity index (χ0n) is 11.2. The zero-order valence-corrected chi connectivity index (χ0v) is 11.2. The summed E-state index contributed by atoms with van der Waals surface area (Å²) in [5.41, 5.74) is 3.04. The average molecular weight is 250 g/mol. The molecule has 0 saturated carbocycles. The van der Waals surface area contributed by atoms with E-state index in [1.165, 1.54) is 5.56 Å². The minimum Gasteiger partial charge on any atom is -0.508 e. The van der Waals surface area contributed by atoms with Gasteiger partial charge in [0.25, 0.3) is 0 Å². The van der Waals surface area contributed by atoms with Crippen molar-refractivity contribution in [2.45, 2.75) is 45.1 Å². The Balaban J connectivity index is 2.52. The summed E-state index contributed by atoms with van der Waals surface area (Å²) in [7, 11) is 0. The van der Waals surface area contributed by atoms with Crippen LogP contribution in [-0.2, 0) is 0 Å². The molecule has 3 heteroatoms. The largest absolute Gasteiger partial charge is 0.508 e. The third-order valence-corrected chi connectivity index (χ3v) is 4.34. The summed E-state index contributed by atoms with van der Waals surface area (Å²) in [4.78, 5) is 0. The van der Waals surface area contributed by atoms with Gasteiger partial charge in [-0.15, -0.1) is 0 Å². The molecule has 2 rings (SSSR count). The predicted molar refractivity (Wildman–Crippen MR) is 70.9 cm³/mol. The summed E-state index contributed by atoms with van der Waals surface area (Å²) in [6.07, 6.45) is 0.277.